The van der Waals surface area contributed by atoms with Crippen LogP contribution in [0.3, 0.4) is 0 Å². The molecule has 82 valence electrons. The minimum Gasteiger partial charge on any atom is -0.285 e. The lowest BCUT2D eigenvalue weighted by Crippen LogP contribution is -2.26. The predicted octanol–water partition coefficient (Wildman–Crippen LogP) is 3.59. The molecule has 3 rings (SSSR count). The quantitative estimate of drug-likeness (QED) is 0.829. The Morgan fingerprint density at radius 2 is 2.00 bits per heavy atom. The number of carbonyl (C=O) groups excluding carboxylic acids is 1. The fraction of sp³-hybridized carbons (Fsp3) is 0.182. The van der Waals surface area contributed by atoms with Gasteiger partial charge in [0.1, 0.15) is 5.37 Å². The Balaban J connectivity index is 1.97. The van der Waals surface area contributed by atoms with Gasteiger partial charge in [-0.1, -0.05) is 6.07 Å². The highest BCUT2D eigenvalue weighted by Gasteiger charge is 2.34. The Labute approximate surface area is 106 Å². The van der Waals surface area contributed by atoms with Gasteiger partial charge in [0.25, 0.3) is 0 Å². The van der Waals surface area contributed by atoms with Crippen molar-refractivity contribution in [2.24, 2.45) is 0 Å². The first-order valence-electron chi connectivity index (χ1n) is 4.87. The average Bonchev–Trinajstić information content (AvgIpc) is 2.96. The first kappa shape index (κ1) is 10.4. The molecular weight excluding hydrogens is 258 g/mol. The first-order chi connectivity index (χ1) is 7.86. The Morgan fingerprint density at radius 1 is 1.19 bits per heavy atom. The Morgan fingerprint density at radius 3 is 2.69 bits per heavy atom. The van der Waals surface area contributed by atoms with E-state index in [2.05, 4.69) is 11.4 Å². The minimum atomic E-state index is 0.172. The molecule has 1 unspecified atom stereocenters. The van der Waals surface area contributed by atoms with Crippen molar-refractivity contribution in [3.63, 3.8) is 0 Å². The molecule has 1 saturated heterocycles. The molecule has 16 heavy (non-hydrogen) atoms. The van der Waals surface area contributed by atoms with Crippen molar-refractivity contribution in [3.8, 4) is 0 Å². The van der Waals surface area contributed by atoms with E-state index in [1.54, 1.807) is 34.4 Å². The van der Waals surface area contributed by atoms with Crippen LogP contribution in [0.2, 0.25) is 0 Å². The summed E-state index contributed by atoms with van der Waals surface area (Å²) in [5.74, 6) is 0.798. The van der Waals surface area contributed by atoms with Crippen molar-refractivity contribution in [2.45, 2.75) is 5.37 Å². The van der Waals surface area contributed by atoms with Crippen molar-refractivity contribution in [1.82, 2.24) is 0 Å². The van der Waals surface area contributed by atoms with E-state index in [0.29, 0.717) is 5.75 Å². The van der Waals surface area contributed by atoms with Crippen LogP contribution in [0.1, 0.15) is 10.3 Å². The van der Waals surface area contributed by atoms with Gasteiger partial charge in [-0.05, 0) is 29.0 Å². The molecule has 2 aromatic heterocycles. The lowest BCUT2D eigenvalue weighted by molar-refractivity contribution is -0.115. The number of amides is 1. The highest BCUT2D eigenvalue weighted by molar-refractivity contribution is 8.01. The van der Waals surface area contributed by atoms with E-state index in [4.69, 9.17) is 0 Å². The molecule has 0 aromatic carbocycles. The largest absolute Gasteiger partial charge is 0.285 e. The van der Waals surface area contributed by atoms with E-state index < -0.39 is 0 Å². The van der Waals surface area contributed by atoms with Crippen LogP contribution in [0.5, 0.6) is 0 Å². The summed E-state index contributed by atoms with van der Waals surface area (Å²) in [5.41, 5.74) is 0. The third kappa shape index (κ3) is 1.69. The molecule has 0 N–H and O–H groups in total. The van der Waals surface area contributed by atoms with Gasteiger partial charge < -0.3 is 0 Å². The second-order valence-electron chi connectivity index (χ2n) is 3.39. The summed E-state index contributed by atoms with van der Waals surface area (Å²) >= 11 is 5.04. The van der Waals surface area contributed by atoms with Gasteiger partial charge in [0.2, 0.25) is 5.91 Å². The zero-order valence-electron chi connectivity index (χ0n) is 8.33. The fourth-order valence-electron chi connectivity index (χ4n) is 1.71. The highest BCUT2D eigenvalue weighted by Crippen LogP contribution is 2.44. The van der Waals surface area contributed by atoms with E-state index in [1.165, 1.54) is 4.88 Å². The van der Waals surface area contributed by atoms with Crippen LogP contribution >= 0.6 is 34.4 Å². The van der Waals surface area contributed by atoms with Gasteiger partial charge in [0.15, 0.2) is 0 Å². The topological polar surface area (TPSA) is 20.3 Å². The standard InChI is InChI=1S/C11H9NOS3/c13-9-7-16-11(8-3-1-5-14-8)12(9)10-4-2-6-15-10/h1-6,11H,7H2. The van der Waals surface area contributed by atoms with E-state index in [0.717, 1.165) is 5.00 Å². The number of nitrogens with zero attached hydrogens (tertiary/aromatic N) is 1. The van der Waals surface area contributed by atoms with Crippen molar-refractivity contribution in [1.29, 1.82) is 0 Å². The van der Waals surface area contributed by atoms with Crippen LogP contribution < -0.4 is 4.90 Å². The first-order valence-corrected chi connectivity index (χ1v) is 7.67. The smallest absolute Gasteiger partial charge is 0.238 e. The van der Waals surface area contributed by atoms with Gasteiger partial charge in [-0.15, -0.1) is 34.4 Å². The van der Waals surface area contributed by atoms with Crippen LogP contribution in [-0.4, -0.2) is 11.7 Å². The number of thiophene rings is 2. The molecular formula is C11H9NOS3. The Kier molecular flexibility index (Phi) is 2.75. The van der Waals surface area contributed by atoms with Crippen molar-refractivity contribution < 1.29 is 4.79 Å². The molecule has 0 spiro atoms. The Bertz CT molecular complexity index is 477. The molecule has 1 amide bonds. The van der Waals surface area contributed by atoms with Crippen LogP contribution in [0, 0.1) is 0 Å². The second-order valence-corrected chi connectivity index (χ2v) is 6.37. The van der Waals surface area contributed by atoms with E-state index in [9.17, 15) is 4.79 Å². The van der Waals surface area contributed by atoms with E-state index in [-0.39, 0.29) is 11.3 Å². The maximum Gasteiger partial charge on any atom is 0.238 e. The normalized spacial score (nSPS) is 20.6. The summed E-state index contributed by atoms with van der Waals surface area (Å²) in [4.78, 5) is 15.1. The summed E-state index contributed by atoms with van der Waals surface area (Å²) in [7, 11) is 0. The monoisotopic (exact) mass is 267 g/mol. The van der Waals surface area contributed by atoms with Crippen LogP contribution in [0.25, 0.3) is 0 Å². The summed E-state index contributed by atoms with van der Waals surface area (Å²) < 4.78 is 0. The molecule has 5 heteroatoms. The van der Waals surface area contributed by atoms with Gasteiger partial charge in [0, 0.05) is 4.88 Å². The van der Waals surface area contributed by atoms with Crippen LogP contribution in [0.15, 0.2) is 35.0 Å². The van der Waals surface area contributed by atoms with Crippen LogP contribution in [-0.2, 0) is 4.79 Å². The molecule has 0 radical (unpaired) electrons. The minimum absolute atomic E-state index is 0.172. The second kappa shape index (κ2) is 4.24. The van der Waals surface area contributed by atoms with Crippen molar-refractivity contribution >= 4 is 45.3 Å². The average molecular weight is 267 g/mol. The zero-order valence-corrected chi connectivity index (χ0v) is 10.8. The maximum absolute atomic E-state index is 11.9. The number of hydrogen-bond donors (Lipinski definition) is 0. The third-order valence-electron chi connectivity index (χ3n) is 2.40. The maximum atomic E-state index is 11.9. The molecule has 1 atom stereocenters. The third-order valence-corrected chi connectivity index (χ3v) is 5.53. The summed E-state index contributed by atoms with van der Waals surface area (Å²) in [6.45, 7) is 0. The number of hydrogen-bond acceptors (Lipinski definition) is 4. The predicted molar refractivity (Wildman–Crippen MR) is 71.3 cm³/mol. The van der Waals surface area contributed by atoms with Crippen molar-refractivity contribution in [2.75, 3.05) is 10.7 Å². The molecule has 0 aliphatic carbocycles. The molecule has 3 heterocycles. The highest BCUT2D eigenvalue weighted by atomic mass is 32.2. The number of carbonyl (C=O) groups is 1. The zero-order chi connectivity index (χ0) is 11.0. The summed E-state index contributed by atoms with van der Waals surface area (Å²) in [6.07, 6.45) is 0. The molecule has 2 aromatic rings. The van der Waals surface area contributed by atoms with Gasteiger partial charge in [-0.25, -0.2) is 0 Å². The molecule has 2 nitrogen and oxygen atoms in total. The molecule has 0 bridgehead atoms. The van der Waals surface area contributed by atoms with E-state index >= 15 is 0 Å². The van der Waals surface area contributed by atoms with Gasteiger partial charge in [-0.3, -0.25) is 9.69 Å². The molecule has 1 aliphatic rings. The number of rotatable bonds is 2. The van der Waals surface area contributed by atoms with Gasteiger partial charge in [0.05, 0.1) is 10.8 Å². The van der Waals surface area contributed by atoms with E-state index in [1.807, 2.05) is 28.5 Å². The Hall–Kier alpha value is -0.780. The lowest BCUT2D eigenvalue weighted by Gasteiger charge is -2.20. The number of thioether (sulfide) groups is 1. The van der Waals surface area contributed by atoms with Gasteiger partial charge in [-0.2, -0.15) is 0 Å². The van der Waals surface area contributed by atoms with Crippen molar-refractivity contribution in [3.05, 3.63) is 39.9 Å². The fourth-order valence-corrected chi connectivity index (χ4v) is 4.68. The summed E-state index contributed by atoms with van der Waals surface area (Å²) in [6, 6.07) is 8.13. The molecule has 1 aliphatic heterocycles. The lowest BCUT2D eigenvalue weighted by atomic mass is 10.4. The SMILES string of the molecule is O=C1CSC(c2cccs2)N1c1cccs1. The summed E-state index contributed by atoms with van der Waals surface area (Å²) in [5, 5.41) is 5.29. The van der Waals surface area contributed by atoms with Gasteiger partial charge >= 0.3 is 0 Å². The molecule has 1 fully saturated rings. The number of anilines is 1. The molecule has 0 saturated carbocycles. The van der Waals surface area contributed by atoms with Crippen LogP contribution in [0.4, 0.5) is 5.00 Å².